The van der Waals surface area contributed by atoms with Crippen LogP contribution in [0.15, 0.2) is 67.3 Å². The summed E-state index contributed by atoms with van der Waals surface area (Å²) in [5.74, 6) is 0.559. The highest BCUT2D eigenvalue weighted by atomic mass is 16.2. The molecule has 8 nitrogen and oxygen atoms in total. The molecule has 4 aromatic rings. The molecule has 3 aromatic heterocycles. The van der Waals surface area contributed by atoms with E-state index in [0.717, 1.165) is 35.2 Å². The number of carbonyl (C=O) groups is 2. The van der Waals surface area contributed by atoms with Crippen LogP contribution in [0.3, 0.4) is 0 Å². The van der Waals surface area contributed by atoms with Crippen molar-refractivity contribution < 1.29 is 9.59 Å². The van der Waals surface area contributed by atoms with Crippen molar-refractivity contribution >= 4 is 23.3 Å². The summed E-state index contributed by atoms with van der Waals surface area (Å²) in [7, 11) is 0. The Labute approximate surface area is 202 Å². The van der Waals surface area contributed by atoms with Gasteiger partial charge in [-0.1, -0.05) is 6.07 Å². The molecular formula is C27H24N6O2. The smallest absolute Gasteiger partial charge is 0.255 e. The minimum absolute atomic E-state index is 0.175. The van der Waals surface area contributed by atoms with Gasteiger partial charge in [-0.2, -0.15) is 0 Å². The highest BCUT2D eigenvalue weighted by Crippen LogP contribution is 2.39. The molecule has 0 aliphatic heterocycles. The van der Waals surface area contributed by atoms with E-state index in [2.05, 4.69) is 25.6 Å². The molecule has 3 heterocycles. The Bertz CT molecular complexity index is 1430. The molecule has 8 heteroatoms. The van der Waals surface area contributed by atoms with Crippen LogP contribution in [0.2, 0.25) is 0 Å². The number of nitrogens with one attached hydrogen (secondary N) is 2. The van der Waals surface area contributed by atoms with Gasteiger partial charge in [0, 0.05) is 53.3 Å². The fraction of sp³-hybridized carbons (Fsp3) is 0.185. The second-order valence-electron chi connectivity index (χ2n) is 8.63. The van der Waals surface area contributed by atoms with Crippen LogP contribution in [0.4, 0.5) is 11.5 Å². The summed E-state index contributed by atoms with van der Waals surface area (Å²) in [6.45, 7) is 3.42. The number of hydrogen-bond donors (Lipinski definition) is 2. The van der Waals surface area contributed by atoms with Crippen molar-refractivity contribution in [2.45, 2.75) is 32.6 Å². The van der Waals surface area contributed by atoms with E-state index >= 15 is 0 Å². The van der Waals surface area contributed by atoms with Crippen LogP contribution in [0.5, 0.6) is 0 Å². The Kier molecular flexibility index (Phi) is 6.01. The zero-order chi connectivity index (χ0) is 24.4. The molecule has 0 atom stereocenters. The molecule has 1 aliphatic rings. The van der Waals surface area contributed by atoms with Crippen LogP contribution in [0.1, 0.15) is 47.3 Å². The van der Waals surface area contributed by atoms with Crippen LogP contribution in [0, 0.1) is 6.92 Å². The number of nitrogens with zero attached hydrogens (tertiary/aromatic N) is 4. The molecule has 2 N–H and O–H groups in total. The van der Waals surface area contributed by atoms with Gasteiger partial charge in [-0.3, -0.25) is 19.6 Å². The summed E-state index contributed by atoms with van der Waals surface area (Å²) in [6.07, 6.45) is 8.93. The normalized spacial score (nSPS) is 12.7. The third kappa shape index (κ3) is 5.22. The van der Waals surface area contributed by atoms with Gasteiger partial charge in [-0.15, -0.1) is 0 Å². The van der Waals surface area contributed by atoms with Crippen LogP contribution in [0.25, 0.3) is 22.5 Å². The number of pyridine rings is 2. The van der Waals surface area contributed by atoms with Gasteiger partial charge in [0.1, 0.15) is 5.82 Å². The number of carbonyl (C=O) groups excluding carboxylic acids is 2. The lowest BCUT2D eigenvalue weighted by atomic mass is 10.0. The molecule has 1 saturated carbocycles. The van der Waals surface area contributed by atoms with Gasteiger partial charge in [0.25, 0.3) is 5.91 Å². The molecule has 0 spiro atoms. The second-order valence-corrected chi connectivity index (χ2v) is 8.63. The van der Waals surface area contributed by atoms with Crippen molar-refractivity contribution in [3.05, 3.63) is 84.1 Å². The first-order valence-corrected chi connectivity index (χ1v) is 11.4. The summed E-state index contributed by atoms with van der Waals surface area (Å²) in [5, 5.41) is 5.67. The lowest BCUT2D eigenvalue weighted by molar-refractivity contribution is -0.114. The van der Waals surface area contributed by atoms with Crippen LogP contribution in [-0.2, 0) is 4.79 Å². The molecule has 0 saturated heterocycles. The Morgan fingerprint density at radius 2 is 1.71 bits per heavy atom. The van der Waals surface area contributed by atoms with E-state index in [0.29, 0.717) is 34.4 Å². The van der Waals surface area contributed by atoms with Gasteiger partial charge in [-0.25, -0.2) is 9.97 Å². The van der Waals surface area contributed by atoms with Gasteiger partial charge < -0.3 is 10.6 Å². The first-order valence-electron chi connectivity index (χ1n) is 11.4. The van der Waals surface area contributed by atoms with Gasteiger partial charge in [-0.05, 0) is 61.7 Å². The van der Waals surface area contributed by atoms with E-state index in [1.54, 1.807) is 36.9 Å². The average Bonchev–Trinajstić information content (AvgIpc) is 3.71. The summed E-state index contributed by atoms with van der Waals surface area (Å²) < 4.78 is 0. The summed E-state index contributed by atoms with van der Waals surface area (Å²) in [5.41, 5.74) is 6.22. The third-order valence-electron chi connectivity index (χ3n) is 5.80. The number of rotatable bonds is 6. The largest absolute Gasteiger partial charge is 0.322 e. The summed E-state index contributed by atoms with van der Waals surface area (Å²) in [4.78, 5) is 42.0. The molecule has 0 radical (unpaired) electrons. The van der Waals surface area contributed by atoms with Crippen LogP contribution >= 0.6 is 0 Å². The zero-order valence-electron chi connectivity index (χ0n) is 19.4. The Morgan fingerprint density at radius 3 is 2.51 bits per heavy atom. The molecule has 1 aromatic carbocycles. The predicted molar refractivity (Wildman–Crippen MR) is 134 cm³/mol. The topological polar surface area (TPSA) is 110 Å². The number of aromatic nitrogens is 4. The fourth-order valence-corrected chi connectivity index (χ4v) is 3.84. The van der Waals surface area contributed by atoms with E-state index in [9.17, 15) is 9.59 Å². The average molecular weight is 465 g/mol. The lowest BCUT2D eigenvalue weighted by Crippen LogP contribution is -2.12. The highest BCUT2D eigenvalue weighted by Gasteiger charge is 2.25. The van der Waals surface area contributed by atoms with Gasteiger partial charge >= 0.3 is 0 Å². The van der Waals surface area contributed by atoms with Crippen molar-refractivity contribution in [1.82, 2.24) is 19.9 Å². The van der Waals surface area contributed by atoms with Crippen molar-refractivity contribution in [1.29, 1.82) is 0 Å². The molecular weight excluding hydrogens is 440 g/mol. The molecule has 0 bridgehead atoms. The van der Waals surface area contributed by atoms with Crippen molar-refractivity contribution in [2.24, 2.45) is 0 Å². The highest BCUT2D eigenvalue weighted by molar-refractivity contribution is 6.04. The van der Waals surface area contributed by atoms with E-state index in [-0.39, 0.29) is 11.8 Å². The zero-order valence-corrected chi connectivity index (χ0v) is 19.4. The summed E-state index contributed by atoms with van der Waals surface area (Å²) in [6, 6.07) is 12.9. The number of hydrogen-bond acceptors (Lipinski definition) is 6. The maximum Gasteiger partial charge on any atom is 0.255 e. The molecule has 1 fully saturated rings. The van der Waals surface area contributed by atoms with E-state index in [1.165, 1.54) is 6.92 Å². The Hall–Kier alpha value is -4.46. The quantitative estimate of drug-likeness (QED) is 0.416. The SMILES string of the molecule is CC(=O)Nc1cc(-c2cncc(-c3cc(NC(=O)c4ccnc(C5CC5)c4)ccc3C)n2)ccn1. The lowest BCUT2D eigenvalue weighted by Gasteiger charge is -2.11. The minimum Gasteiger partial charge on any atom is -0.322 e. The minimum atomic E-state index is -0.195. The van der Waals surface area contributed by atoms with Crippen molar-refractivity contribution in [3.63, 3.8) is 0 Å². The summed E-state index contributed by atoms with van der Waals surface area (Å²) >= 11 is 0. The predicted octanol–water partition coefficient (Wildman–Crippen LogP) is 5.00. The molecule has 1 aliphatic carbocycles. The molecule has 174 valence electrons. The monoisotopic (exact) mass is 464 g/mol. The first-order chi connectivity index (χ1) is 17.0. The maximum atomic E-state index is 12.9. The maximum absolute atomic E-state index is 12.9. The third-order valence-corrected chi connectivity index (χ3v) is 5.80. The van der Waals surface area contributed by atoms with Gasteiger partial charge in [0.05, 0.1) is 23.8 Å². The standard InChI is InChI=1S/C27H24N6O2/c1-16-3-6-21(32-27(35)20-8-9-29-23(11-20)18-4-5-18)13-22(16)25-15-28-14-24(33-25)19-7-10-30-26(12-19)31-17(2)34/h3,6-15,18H,4-5H2,1-2H3,(H,32,35)(H,30,31,34). The van der Waals surface area contributed by atoms with Crippen LogP contribution < -0.4 is 10.6 Å². The van der Waals surface area contributed by atoms with Gasteiger partial charge in [0.2, 0.25) is 5.91 Å². The first kappa shape index (κ1) is 22.3. The molecule has 2 amide bonds. The van der Waals surface area contributed by atoms with Gasteiger partial charge in [0.15, 0.2) is 0 Å². The number of amides is 2. The molecule has 35 heavy (non-hydrogen) atoms. The van der Waals surface area contributed by atoms with E-state index < -0.39 is 0 Å². The van der Waals surface area contributed by atoms with Crippen molar-refractivity contribution in [2.75, 3.05) is 10.6 Å². The number of benzene rings is 1. The van der Waals surface area contributed by atoms with Crippen LogP contribution in [-0.4, -0.2) is 31.8 Å². The molecule has 5 rings (SSSR count). The molecule has 0 unspecified atom stereocenters. The van der Waals surface area contributed by atoms with Crippen molar-refractivity contribution in [3.8, 4) is 22.5 Å². The number of anilines is 2. The Balaban J connectivity index is 1.41. The second kappa shape index (κ2) is 9.42. The fourth-order valence-electron chi connectivity index (χ4n) is 3.84. The van der Waals surface area contributed by atoms with E-state index in [1.807, 2.05) is 37.3 Å². The number of aryl methyl sites for hydroxylation is 1. The Morgan fingerprint density at radius 1 is 0.914 bits per heavy atom. The van der Waals surface area contributed by atoms with E-state index in [4.69, 9.17) is 4.98 Å².